The number of anilines is 1. The lowest BCUT2D eigenvalue weighted by atomic mass is 9.88. The van der Waals surface area contributed by atoms with Crippen molar-refractivity contribution in [2.45, 2.75) is 58.3 Å². The molecule has 0 atom stereocenters. The molecule has 1 aliphatic carbocycles. The van der Waals surface area contributed by atoms with Crippen LogP contribution in [0.25, 0.3) is 0 Å². The van der Waals surface area contributed by atoms with Crippen molar-refractivity contribution in [1.29, 1.82) is 0 Å². The van der Waals surface area contributed by atoms with Crippen LogP contribution in [-0.2, 0) is 5.41 Å². The Balaban J connectivity index is 1.79. The Bertz CT molecular complexity index is 356. The molecule has 1 saturated carbocycles. The molecule has 2 heteroatoms. The molecule has 18 heavy (non-hydrogen) atoms. The summed E-state index contributed by atoms with van der Waals surface area (Å²) in [5.74, 6) is 1.97. The van der Waals surface area contributed by atoms with Crippen LogP contribution in [0.1, 0.15) is 58.4 Å². The highest BCUT2D eigenvalue weighted by Gasteiger charge is 2.15. The predicted octanol–water partition coefficient (Wildman–Crippen LogP) is 4.37. The molecular weight excluding hydrogens is 220 g/mol. The second-order valence-electron chi connectivity index (χ2n) is 6.55. The van der Waals surface area contributed by atoms with Gasteiger partial charge in [0.1, 0.15) is 5.82 Å². The maximum absolute atomic E-state index is 4.50. The van der Waals surface area contributed by atoms with Gasteiger partial charge >= 0.3 is 0 Å². The number of hydrogen-bond acceptors (Lipinski definition) is 2. The first-order chi connectivity index (χ1) is 8.55. The van der Waals surface area contributed by atoms with E-state index in [0.29, 0.717) is 0 Å². The molecule has 1 aliphatic rings. The topological polar surface area (TPSA) is 24.9 Å². The van der Waals surface area contributed by atoms with Gasteiger partial charge in [0.15, 0.2) is 0 Å². The monoisotopic (exact) mass is 246 g/mol. The van der Waals surface area contributed by atoms with Crippen molar-refractivity contribution in [2.75, 3.05) is 11.9 Å². The van der Waals surface area contributed by atoms with Crippen molar-refractivity contribution in [3.8, 4) is 0 Å². The number of rotatable bonds is 4. The summed E-state index contributed by atoms with van der Waals surface area (Å²) in [6, 6.07) is 4.29. The SMILES string of the molecule is CC(C)(C)c1ccc(NCCC2CCCC2)nc1. The van der Waals surface area contributed by atoms with E-state index in [1.54, 1.807) is 0 Å². The van der Waals surface area contributed by atoms with E-state index < -0.39 is 0 Å². The normalized spacial score (nSPS) is 17.1. The van der Waals surface area contributed by atoms with E-state index in [-0.39, 0.29) is 5.41 Å². The molecule has 0 aromatic carbocycles. The van der Waals surface area contributed by atoms with Crippen molar-refractivity contribution in [2.24, 2.45) is 5.92 Å². The summed E-state index contributed by atoms with van der Waals surface area (Å²) in [5, 5.41) is 3.44. The Labute approximate surface area is 111 Å². The van der Waals surface area contributed by atoms with Gasteiger partial charge in [0, 0.05) is 12.7 Å². The molecule has 0 radical (unpaired) electrons. The second kappa shape index (κ2) is 5.73. The van der Waals surface area contributed by atoms with E-state index in [9.17, 15) is 0 Å². The molecule has 1 N–H and O–H groups in total. The van der Waals surface area contributed by atoms with Crippen LogP contribution in [-0.4, -0.2) is 11.5 Å². The van der Waals surface area contributed by atoms with Gasteiger partial charge in [-0.2, -0.15) is 0 Å². The van der Waals surface area contributed by atoms with Gasteiger partial charge in [0.05, 0.1) is 0 Å². The zero-order chi connectivity index (χ0) is 13.0. The molecule has 1 fully saturated rings. The Kier molecular flexibility index (Phi) is 4.26. The molecule has 1 aromatic rings. The maximum Gasteiger partial charge on any atom is 0.125 e. The van der Waals surface area contributed by atoms with Crippen LogP contribution in [0, 0.1) is 5.92 Å². The standard InChI is InChI=1S/C16H26N2/c1-16(2,3)14-8-9-15(18-12-14)17-11-10-13-6-4-5-7-13/h8-9,12-13H,4-7,10-11H2,1-3H3,(H,17,18). The van der Waals surface area contributed by atoms with E-state index >= 15 is 0 Å². The third-order valence-corrected chi connectivity index (χ3v) is 3.96. The van der Waals surface area contributed by atoms with Gasteiger partial charge in [-0.05, 0) is 29.4 Å². The molecule has 0 saturated heterocycles. The van der Waals surface area contributed by atoms with Crippen LogP contribution in [0.3, 0.4) is 0 Å². The summed E-state index contributed by atoms with van der Waals surface area (Å²) in [6.45, 7) is 7.72. The fourth-order valence-electron chi connectivity index (χ4n) is 2.65. The third kappa shape index (κ3) is 3.72. The second-order valence-corrected chi connectivity index (χ2v) is 6.55. The van der Waals surface area contributed by atoms with Gasteiger partial charge in [-0.25, -0.2) is 4.98 Å². The number of nitrogens with one attached hydrogen (secondary N) is 1. The Morgan fingerprint density at radius 3 is 2.50 bits per heavy atom. The fourth-order valence-corrected chi connectivity index (χ4v) is 2.65. The summed E-state index contributed by atoms with van der Waals surface area (Å²) >= 11 is 0. The van der Waals surface area contributed by atoms with Gasteiger partial charge < -0.3 is 5.32 Å². The van der Waals surface area contributed by atoms with Crippen LogP contribution in [0.5, 0.6) is 0 Å². The summed E-state index contributed by atoms with van der Waals surface area (Å²) < 4.78 is 0. The molecular formula is C16H26N2. The highest BCUT2D eigenvalue weighted by molar-refractivity contribution is 5.36. The molecule has 0 unspecified atom stereocenters. The number of hydrogen-bond donors (Lipinski definition) is 1. The van der Waals surface area contributed by atoms with Crippen LogP contribution < -0.4 is 5.32 Å². The van der Waals surface area contributed by atoms with E-state index in [2.05, 4.69) is 43.2 Å². The van der Waals surface area contributed by atoms with Gasteiger partial charge in [0.25, 0.3) is 0 Å². The summed E-state index contributed by atoms with van der Waals surface area (Å²) in [6.07, 6.45) is 9.02. The Hall–Kier alpha value is -1.05. The van der Waals surface area contributed by atoms with E-state index in [0.717, 1.165) is 18.3 Å². The van der Waals surface area contributed by atoms with Crippen molar-refractivity contribution >= 4 is 5.82 Å². The zero-order valence-corrected chi connectivity index (χ0v) is 12.0. The molecule has 0 bridgehead atoms. The maximum atomic E-state index is 4.50. The van der Waals surface area contributed by atoms with Gasteiger partial charge in [-0.3, -0.25) is 0 Å². The highest BCUT2D eigenvalue weighted by atomic mass is 15.0. The lowest BCUT2D eigenvalue weighted by molar-refractivity contribution is 0.518. The molecule has 1 aromatic heterocycles. The Morgan fingerprint density at radius 2 is 1.94 bits per heavy atom. The summed E-state index contributed by atoms with van der Waals surface area (Å²) in [4.78, 5) is 4.50. The minimum absolute atomic E-state index is 0.190. The zero-order valence-electron chi connectivity index (χ0n) is 12.0. The van der Waals surface area contributed by atoms with E-state index in [1.807, 2.05) is 6.20 Å². The molecule has 0 aliphatic heterocycles. The van der Waals surface area contributed by atoms with Crippen molar-refractivity contribution in [1.82, 2.24) is 4.98 Å². The number of pyridine rings is 1. The molecule has 2 nitrogen and oxygen atoms in total. The molecule has 2 rings (SSSR count). The van der Waals surface area contributed by atoms with Crippen LogP contribution in [0.4, 0.5) is 5.82 Å². The lowest BCUT2D eigenvalue weighted by Gasteiger charge is -2.18. The van der Waals surface area contributed by atoms with Crippen LogP contribution in [0.2, 0.25) is 0 Å². The van der Waals surface area contributed by atoms with E-state index in [4.69, 9.17) is 0 Å². The highest BCUT2D eigenvalue weighted by Crippen LogP contribution is 2.27. The summed E-state index contributed by atoms with van der Waals surface area (Å²) in [7, 11) is 0. The van der Waals surface area contributed by atoms with Crippen LogP contribution in [0.15, 0.2) is 18.3 Å². The first-order valence-corrected chi connectivity index (χ1v) is 7.26. The molecule has 0 amide bonds. The quantitative estimate of drug-likeness (QED) is 0.853. The van der Waals surface area contributed by atoms with E-state index in [1.165, 1.54) is 37.7 Å². The summed E-state index contributed by atoms with van der Waals surface area (Å²) in [5.41, 5.74) is 1.49. The smallest absolute Gasteiger partial charge is 0.125 e. The van der Waals surface area contributed by atoms with Gasteiger partial charge in [-0.15, -0.1) is 0 Å². The lowest BCUT2D eigenvalue weighted by Crippen LogP contribution is -2.12. The van der Waals surface area contributed by atoms with Gasteiger partial charge in [-0.1, -0.05) is 52.5 Å². The number of nitrogens with zero attached hydrogens (tertiary/aromatic N) is 1. The first kappa shape index (κ1) is 13.4. The largest absolute Gasteiger partial charge is 0.370 e. The first-order valence-electron chi connectivity index (χ1n) is 7.26. The number of aromatic nitrogens is 1. The molecule has 1 heterocycles. The predicted molar refractivity (Wildman–Crippen MR) is 78.0 cm³/mol. The average Bonchev–Trinajstić information content (AvgIpc) is 2.82. The Morgan fingerprint density at radius 1 is 1.22 bits per heavy atom. The fraction of sp³-hybridized carbons (Fsp3) is 0.688. The minimum Gasteiger partial charge on any atom is -0.370 e. The molecule has 100 valence electrons. The molecule has 0 spiro atoms. The van der Waals surface area contributed by atoms with Crippen molar-refractivity contribution in [3.63, 3.8) is 0 Å². The average molecular weight is 246 g/mol. The van der Waals surface area contributed by atoms with Gasteiger partial charge in [0.2, 0.25) is 0 Å². The van der Waals surface area contributed by atoms with Crippen molar-refractivity contribution < 1.29 is 0 Å². The van der Waals surface area contributed by atoms with Crippen molar-refractivity contribution in [3.05, 3.63) is 23.9 Å². The minimum atomic E-state index is 0.190. The van der Waals surface area contributed by atoms with Crippen LogP contribution >= 0.6 is 0 Å². The third-order valence-electron chi connectivity index (χ3n) is 3.96.